The number of hydrogen-bond donors (Lipinski definition) is 2. The number of amides is 1. The van der Waals surface area contributed by atoms with E-state index >= 15 is 0 Å². The molecule has 6 heteroatoms. The van der Waals surface area contributed by atoms with Gasteiger partial charge in [0.1, 0.15) is 18.0 Å². The second-order valence-electron chi connectivity index (χ2n) is 7.02. The van der Waals surface area contributed by atoms with Crippen LogP contribution >= 0.6 is 0 Å². The van der Waals surface area contributed by atoms with Gasteiger partial charge in [0.15, 0.2) is 0 Å². The summed E-state index contributed by atoms with van der Waals surface area (Å²) in [6, 6.07) is 11.6. The van der Waals surface area contributed by atoms with Gasteiger partial charge in [-0.1, -0.05) is 12.1 Å². The molecule has 2 aromatic heterocycles. The maximum absolute atomic E-state index is 12.5. The molecule has 27 heavy (non-hydrogen) atoms. The average molecular weight is 364 g/mol. The minimum Gasteiger partial charge on any atom is -0.487 e. The summed E-state index contributed by atoms with van der Waals surface area (Å²) in [4.78, 5) is 17.0. The van der Waals surface area contributed by atoms with E-state index in [4.69, 9.17) is 4.74 Å². The fourth-order valence-corrected chi connectivity index (χ4v) is 3.34. The van der Waals surface area contributed by atoms with Crippen molar-refractivity contribution in [1.82, 2.24) is 20.0 Å². The molecule has 0 saturated carbocycles. The van der Waals surface area contributed by atoms with E-state index in [-0.39, 0.29) is 11.9 Å². The molecule has 0 atom stereocenters. The van der Waals surface area contributed by atoms with Gasteiger partial charge in [-0.3, -0.25) is 4.79 Å². The average Bonchev–Trinajstić information content (AvgIpc) is 3.09. The molecule has 2 N–H and O–H groups in total. The van der Waals surface area contributed by atoms with Crippen molar-refractivity contribution in [3.8, 4) is 5.75 Å². The Morgan fingerprint density at radius 2 is 2.11 bits per heavy atom. The van der Waals surface area contributed by atoms with E-state index in [0.29, 0.717) is 17.9 Å². The second kappa shape index (κ2) is 7.80. The number of carbonyl (C=O) groups excluding carboxylic acids is 1. The van der Waals surface area contributed by atoms with E-state index in [9.17, 15) is 4.79 Å². The molecule has 6 nitrogen and oxygen atoms in total. The van der Waals surface area contributed by atoms with Crippen LogP contribution < -0.4 is 15.4 Å². The lowest BCUT2D eigenvalue weighted by molar-refractivity contribution is 0.0929. The van der Waals surface area contributed by atoms with E-state index in [0.717, 1.165) is 37.3 Å². The Morgan fingerprint density at radius 1 is 1.26 bits per heavy atom. The molecule has 1 fully saturated rings. The van der Waals surface area contributed by atoms with Crippen molar-refractivity contribution in [2.45, 2.75) is 32.4 Å². The van der Waals surface area contributed by atoms with Crippen molar-refractivity contribution < 1.29 is 9.53 Å². The van der Waals surface area contributed by atoms with Crippen molar-refractivity contribution in [2.24, 2.45) is 0 Å². The van der Waals surface area contributed by atoms with Gasteiger partial charge in [-0.05, 0) is 62.7 Å². The Hall–Kier alpha value is -2.86. The van der Waals surface area contributed by atoms with Crippen LogP contribution in [-0.2, 0) is 6.61 Å². The standard InChI is InChI=1S/C21H24N4O2/c1-15-5-6-20-23-18(13-25(20)12-15)14-27-19-4-2-3-16(11-19)21(26)24-17-7-9-22-10-8-17/h2-6,11-13,17,22H,7-10,14H2,1H3,(H,24,26). The summed E-state index contributed by atoms with van der Waals surface area (Å²) >= 11 is 0. The molecule has 1 saturated heterocycles. The highest BCUT2D eigenvalue weighted by Crippen LogP contribution is 2.16. The highest BCUT2D eigenvalue weighted by atomic mass is 16.5. The quantitative estimate of drug-likeness (QED) is 0.730. The number of rotatable bonds is 5. The maximum atomic E-state index is 12.5. The first-order valence-corrected chi connectivity index (χ1v) is 9.36. The summed E-state index contributed by atoms with van der Waals surface area (Å²) < 4.78 is 7.86. The predicted molar refractivity (Wildman–Crippen MR) is 104 cm³/mol. The summed E-state index contributed by atoms with van der Waals surface area (Å²) in [6.07, 6.45) is 5.94. The number of imidazole rings is 1. The van der Waals surface area contributed by atoms with Crippen molar-refractivity contribution in [3.63, 3.8) is 0 Å². The first-order valence-electron chi connectivity index (χ1n) is 9.36. The summed E-state index contributed by atoms with van der Waals surface area (Å²) in [7, 11) is 0. The Balaban J connectivity index is 1.40. The van der Waals surface area contributed by atoms with Crippen LogP contribution in [0.2, 0.25) is 0 Å². The van der Waals surface area contributed by atoms with E-state index in [1.165, 1.54) is 5.56 Å². The minimum atomic E-state index is -0.0458. The highest BCUT2D eigenvalue weighted by Gasteiger charge is 2.16. The maximum Gasteiger partial charge on any atom is 0.251 e. The molecular formula is C21H24N4O2. The number of aryl methyl sites for hydroxylation is 1. The smallest absolute Gasteiger partial charge is 0.251 e. The van der Waals surface area contributed by atoms with Gasteiger partial charge in [0.25, 0.3) is 5.91 Å². The van der Waals surface area contributed by atoms with E-state index in [2.05, 4.69) is 22.5 Å². The van der Waals surface area contributed by atoms with Crippen molar-refractivity contribution in [1.29, 1.82) is 0 Å². The Bertz CT molecular complexity index is 944. The molecule has 140 valence electrons. The van der Waals surface area contributed by atoms with Crippen LogP contribution in [0.1, 0.15) is 34.5 Å². The molecule has 0 bridgehead atoms. The number of aromatic nitrogens is 2. The van der Waals surface area contributed by atoms with E-state index < -0.39 is 0 Å². The van der Waals surface area contributed by atoms with Crippen LogP contribution in [0.3, 0.4) is 0 Å². The normalized spacial score (nSPS) is 15.0. The third-order valence-electron chi connectivity index (χ3n) is 4.81. The number of nitrogens with one attached hydrogen (secondary N) is 2. The number of fused-ring (bicyclic) bond motifs is 1. The third kappa shape index (κ3) is 4.28. The molecule has 1 aliphatic rings. The summed E-state index contributed by atoms with van der Waals surface area (Å²) in [5.74, 6) is 0.622. The number of benzene rings is 1. The molecule has 0 radical (unpaired) electrons. The van der Waals surface area contributed by atoms with Crippen LogP contribution in [0.25, 0.3) is 5.65 Å². The summed E-state index contributed by atoms with van der Waals surface area (Å²) in [6.45, 7) is 4.31. The third-order valence-corrected chi connectivity index (χ3v) is 4.81. The molecule has 3 heterocycles. The Morgan fingerprint density at radius 3 is 2.96 bits per heavy atom. The SMILES string of the molecule is Cc1ccc2nc(COc3cccc(C(=O)NC4CCNCC4)c3)cn2c1. The molecule has 0 spiro atoms. The predicted octanol–water partition coefficient (Wildman–Crippen LogP) is 2.70. The number of nitrogens with zero attached hydrogens (tertiary/aromatic N) is 2. The van der Waals surface area contributed by atoms with E-state index in [1.807, 2.05) is 47.1 Å². The van der Waals surface area contributed by atoms with Gasteiger partial charge in [-0.25, -0.2) is 4.98 Å². The number of ether oxygens (including phenoxy) is 1. The van der Waals surface area contributed by atoms with Crippen molar-refractivity contribution in [2.75, 3.05) is 13.1 Å². The van der Waals surface area contributed by atoms with Gasteiger partial charge in [-0.2, -0.15) is 0 Å². The van der Waals surface area contributed by atoms with Gasteiger partial charge in [0.05, 0.1) is 5.69 Å². The fraction of sp³-hybridized carbons (Fsp3) is 0.333. The van der Waals surface area contributed by atoms with Crippen LogP contribution in [0, 0.1) is 6.92 Å². The lowest BCUT2D eigenvalue weighted by Crippen LogP contribution is -2.42. The van der Waals surface area contributed by atoms with Crippen molar-refractivity contribution in [3.05, 3.63) is 65.6 Å². The van der Waals surface area contributed by atoms with Crippen LogP contribution in [0.15, 0.2) is 48.8 Å². The zero-order valence-electron chi connectivity index (χ0n) is 15.4. The first kappa shape index (κ1) is 17.5. The van der Waals surface area contributed by atoms with Crippen LogP contribution in [-0.4, -0.2) is 34.4 Å². The van der Waals surface area contributed by atoms with Gasteiger partial charge in [0.2, 0.25) is 0 Å². The number of carbonyl (C=O) groups is 1. The van der Waals surface area contributed by atoms with Gasteiger partial charge in [-0.15, -0.1) is 0 Å². The topological polar surface area (TPSA) is 67.7 Å². The second-order valence-corrected chi connectivity index (χ2v) is 7.02. The van der Waals surface area contributed by atoms with Gasteiger partial charge >= 0.3 is 0 Å². The largest absolute Gasteiger partial charge is 0.487 e. The molecule has 1 amide bonds. The summed E-state index contributed by atoms with van der Waals surface area (Å²) in [5.41, 5.74) is 3.55. The number of piperidine rings is 1. The summed E-state index contributed by atoms with van der Waals surface area (Å²) in [5, 5.41) is 6.41. The van der Waals surface area contributed by atoms with Crippen LogP contribution in [0.5, 0.6) is 5.75 Å². The highest BCUT2D eigenvalue weighted by molar-refractivity contribution is 5.94. The molecule has 1 aliphatic heterocycles. The minimum absolute atomic E-state index is 0.0458. The monoisotopic (exact) mass is 364 g/mol. The Labute approximate surface area is 158 Å². The lowest BCUT2D eigenvalue weighted by atomic mass is 10.1. The van der Waals surface area contributed by atoms with Crippen LogP contribution in [0.4, 0.5) is 0 Å². The van der Waals surface area contributed by atoms with Gasteiger partial charge < -0.3 is 19.8 Å². The zero-order chi connectivity index (χ0) is 18.6. The molecular weight excluding hydrogens is 340 g/mol. The van der Waals surface area contributed by atoms with Crippen molar-refractivity contribution >= 4 is 11.6 Å². The molecule has 4 rings (SSSR count). The lowest BCUT2D eigenvalue weighted by Gasteiger charge is -2.23. The first-order chi connectivity index (χ1) is 13.2. The molecule has 0 aliphatic carbocycles. The fourth-order valence-electron chi connectivity index (χ4n) is 3.34. The molecule has 3 aromatic rings. The van der Waals surface area contributed by atoms with Gasteiger partial charge in [0, 0.05) is 24.0 Å². The number of pyridine rings is 1. The molecule has 1 aromatic carbocycles. The zero-order valence-corrected chi connectivity index (χ0v) is 15.4. The molecule has 0 unspecified atom stereocenters. The Kier molecular flexibility index (Phi) is 5.07. The van der Waals surface area contributed by atoms with E-state index in [1.54, 1.807) is 6.07 Å². The number of hydrogen-bond acceptors (Lipinski definition) is 4.